The van der Waals surface area contributed by atoms with E-state index >= 15 is 0 Å². The summed E-state index contributed by atoms with van der Waals surface area (Å²) in [5.74, 6) is 0.234. The first-order valence-electron chi connectivity index (χ1n) is 5.10. The van der Waals surface area contributed by atoms with E-state index in [-0.39, 0.29) is 12.4 Å². The lowest BCUT2D eigenvalue weighted by atomic mass is 10.1. The molecule has 5 nitrogen and oxygen atoms in total. The number of aliphatic hydroxyl groups is 1. The number of aromatic hydroxyl groups is 1. The first kappa shape index (κ1) is 10.6. The van der Waals surface area contributed by atoms with Gasteiger partial charge in [-0.05, 0) is 30.7 Å². The predicted molar refractivity (Wildman–Crippen MR) is 58.8 cm³/mol. The van der Waals surface area contributed by atoms with Crippen molar-refractivity contribution in [1.29, 1.82) is 0 Å². The fraction of sp³-hybridized carbons (Fsp3) is 0.273. The summed E-state index contributed by atoms with van der Waals surface area (Å²) in [6, 6.07) is 6.87. The largest absolute Gasteiger partial charge is 0.508 e. The topological polar surface area (TPSA) is 71.2 Å². The van der Waals surface area contributed by atoms with Gasteiger partial charge in [-0.1, -0.05) is 5.21 Å². The molecule has 0 amide bonds. The summed E-state index contributed by atoms with van der Waals surface area (Å²) < 4.78 is 1.74. The molecule has 84 valence electrons. The van der Waals surface area contributed by atoms with E-state index in [1.165, 1.54) is 0 Å². The van der Waals surface area contributed by atoms with Gasteiger partial charge in [0, 0.05) is 18.7 Å². The van der Waals surface area contributed by atoms with Crippen LogP contribution >= 0.6 is 0 Å². The number of nitrogens with zero attached hydrogens (tertiary/aromatic N) is 3. The molecule has 1 aromatic heterocycles. The number of aliphatic hydroxyl groups excluding tert-OH is 1. The number of phenols is 1. The molecule has 0 aliphatic carbocycles. The number of benzene rings is 1. The Labute approximate surface area is 93.0 Å². The standard InChI is InChI=1S/C11H13N3O2/c15-7-1-6-14-11(8-12-13-14)9-2-4-10(16)5-3-9/h2-5,8,15-16H,1,6-7H2. The highest BCUT2D eigenvalue weighted by Gasteiger charge is 2.05. The normalized spacial score (nSPS) is 10.6. The Kier molecular flexibility index (Phi) is 3.16. The molecule has 0 unspecified atom stereocenters. The lowest BCUT2D eigenvalue weighted by Gasteiger charge is -2.05. The highest BCUT2D eigenvalue weighted by Crippen LogP contribution is 2.20. The van der Waals surface area contributed by atoms with Crippen LogP contribution in [0.4, 0.5) is 0 Å². The Morgan fingerprint density at radius 3 is 2.62 bits per heavy atom. The maximum absolute atomic E-state index is 9.19. The summed E-state index contributed by atoms with van der Waals surface area (Å²) >= 11 is 0. The van der Waals surface area contributed by atoms with E-state index in [0.717, 1.165) is 11.3 Å². The molecule has 2 N–H and O–H groups in total. The molecule has 0 fully saturated rings. The van der Waals surface area contributed by atoms with Gasteiger partial charge in [0.1, 0.15) is 5.75 Å². The Morgan fingerprint density at radius 1 is 1.19 bits per heavy atom. The van der Waals surface area contributed by atoms with Gasteiger partial charge in [-0.25, -0.2) is 4.68 Å². The molecule has 5 heteroatoms. The van der Waals surface area contributed by atoms with Crippen molar-refractivity contribution >= 4 is 0 Å². The summed E-state index contributed by atoms with van der Waals surface area (Å²) in [4.78, 5) is 0. The smallest absolute Gasteiger partial charge is 0.115 e. The van der Waals surface area contributed by atoms with Gasteiger partial charge in [-0.15, -0.1) is 5.10 Å². The summed E-state index contributed by atoms with van der Waals surface area (Å²) in [7, 11) is 0. The highest BCUT2D eigenvalue weighted by molar-refractivity contribution is 5.59. The molecule has 1 heterocycles. The Morgan fingerprint density at radius 2 is 1.94 bits per heavy atom. The Hall–Kier alpha value is -1.88. The van der Waals surface area contributed by atoms with Crippen LogP contribution < -0.4 is 0 Å². The number of aryl methyl sites for hydroxylation is 1. The molecule has 1 aromatic carbocycles. The van der Waals surface area contributed by atoms with Crippen molar-refractivity contribution in [1.82, 2.24) is 15.0 Å². The van der Waals surface area contributed by atoms with Crippen molar-refractivity contribution in [2.45, 2.75) is 13.0 Å². The van der Waals surface area contributed by atoms with Gasteiger partial charge in [0.15, 0.2) is 0 Å². The summed E-state index contributed by atoms with van der Waals surface area (Å²) in [5.41, 5.74) is 1.83. The molecule has 0 radical (unpaired) electrons. The average Bonchev–Trinajstić information content (AvgIpc) is 2.75. The van der Waals surface area contributed by atoms with Gasteiger partial charge in [0.05, 0.1) is 11.9 Å². The molecule has 0 bridgehead atoms. The third-order valence-corrected chi connectivity index (χ3v) is 2.31. The molecule has 0 saturated heterocycles. The number of rotatable bonds is 4. The van der Waals surface area contributed by atoms with E-state index in [9.17, 15) is 5.11 Å². The molecule has 0 aliphatic heterocycles. The Balaban J connectivity index is 2.26. The first-order chi connectivity index (χ1) is 7.81. The zero-order valence-electron chi connectivity index (χ0n) is 8.74. The third kappa shape index (κ3) is 2.20. The van der Waals surface area contributed by atoms with Gasteiger partial charge >= 0.3 is 0 Å². The van der Waals surface area contributed by atoms with Crippen molar-refractivity contribution in [2.24, 2.45) is 0 Å². The Bertz CT molecular complexity index is 451. The number of phenolic OH excluding ortho intramolecular Hbond substituents is 1. The minimum atomic E-state index is 0.134. The number of hydrogen-bond acceptors (Lipinski definition) is 4. The van der Waals surface area contributed by atoms with Gasteiger partial charge in [-0.3, -0.25) is 0 Å². The van der Waals surface area contributed by atoms with Gasteiger partial charge in [0.25, 0.3) is 0 Å². The minimum Gasteiger partial charge on any atom is -0.508 e. The predicted octanol–water partition coefficient (Wildman–Crippen LogP) is 1.03. The summed E-state index contributed by atoms with van der Waals surface area (Å²) in [6.45, 7) is 0.765. The quantitative estimate of drug-likeness (QED) is 0.805. The van der Waals surface area contributed by atoms with Gasteiger partial charge < -0.3 is 10.2 Å². The van der Waals surface area contributed by atoms with E-state index in [1.54, 1.807) is 23.0 Å². The number of aromatic nitrogens is 3. The first-order valence-corrected chi connectivity index (χ1v) is 5.10. The average molecular weight is 219 g/mol. The molecule has 0 aliphatic rings. The van der Waals surface area contributed by atoms with Gasteiger partial charge in [-0.2, -0.15) is 0 Å². The second kappa shape index (κ2) is 4.76. The molecule has 2 aromatic rings. The molecular formula is C11H13N3O2. The maximum atomic E-state index is 9.19. The van der Waals surface area contributed by atoms with Crippen LogP contribution in [0.3, 0.4) is 0 Å². The van der Waals surface area contributed by atoms with Crippen LogP contribution in [0.15, 0.2) is 30.5 Å². The van der Waals surface area contributed by atoms with Crippen LogP contribution in [0.2, 0.25) is 0 Å². The fourth-order valence-corrected chi connectivity index (χ4v) is 1.50. The van der Waals surface area contributed by atoms with Crippen LogP contribution in [0, 0.1) is 0 Å². The SMILES string of the molecule is OCCCn1nncc1-c1ccc(O)cc1. The van der Waals surface area contributed by atoms with Crippen LogP contribution in [-0.4, -0.2) is 31.8 Å². The molecule has 2 rings (SSSR count). The van der Waals surface area contributed by atoms with Crippen LogP contribution in [-0.2, 0) is 6.54 Å². The minimum absolute atomic E-state index is 0.134. The molecule has 0 atom stereocenters. The lowest BCUT2D eigenvalue weighted by molar-refractivity contribution is 0.276. The van der Waals surface area contributed by atoms with Crippen molar-refractivity contribution < 1.29 is 10.2 Å². The molecule has 0 spiro atoms. The second-order valence-corrected chi connectivity index (χ2v) is 3.47. The second-order valence-electron chi connectivity index (χ2n) is 3.47. The summed E-state index contributed by atoms with van der Waals surface area (Å²) in [6.07, 6.45) is 2.32. The highest BCUT2D eigenvalue weighted by atomic mass is 16.3. The molecular weight excluding hydrogens is 206 g/mol. The zero-order chi connectivity index (χ0) is 11.4. The van der Waals surface area contributed by atoms with E-state index in [2.05, 4.69) is 10.3 Å². The van der Waals surface area contributed by atoms with Crippen molar-refractivity contribution in [3.8, 4) is 17.0 Å². The third-order valence-electron chi connectivity index (χ3n) is 2.31. The van der Waals surface area contributed by atoms with E-state index in [1.807, 2.05) is 12.1 Å². The van der Waals surface area contributed by atoms with Crippen molar-refractivity contribution in [3.63, 3.8) is 0 Å². The van der Waals surface area contributed by atoms with E-state index in [0.29, 0.717) is 13.0 Å². The van der Waals surface area contributed by atoms with Crippen molar-refractivity contribution in [2.75, 3.05) is 6.61 Å². The molecule has 0 saturated carbocycles. The maximum Gasteiger partial charge on any atom is 0.115 e. The number of hydrogen-bond donors (Lipinski definition) is 2. The lowest BCUT2D eigenvalue weighted by Crippen LogP contribution is -2.04. The zero-order valence-corrected chi connectivity index (χ0v) is 8.74. The van der Waals surface area contributed by atoms with Crippen LogP contribution in [0.25, 0.3) is 11.3 Å². The fourth-order valence-electron chi connectivity index (χ4n) is 1.50. The van der Waals surface area contributed by atoms with E-state index in [4.69, 9.17) is 5.11 Å². The summed E-state index contributed by atoms with van der Waals surface area (Å²) in [5, 5.41) is 25.8. The molecule has 16 heavy (non-hydrogen) atoms. The monoisotopic (exact) mass is 219 g/mol. The van der Waals surface area contributed by atoms with E-state index < -0.39 is 0 Å². The van der Waals surface area contributed by atoms with Crippen molar-refractivity contribution in [3.05, 3.63) is 30.5 Å². The van der Waals surface area contributed by atoms with Crippen LogP contribution in [0.1, 0.15) is 6.42 Å². The van der Waals surface area contributed by atoms with Crippen LogP contribution in [0.5, 0.6) is 5.75 Å². The van der Waals surface area contributed by atoms with Gasteiger partial charge in [0.2, 0.25) is 0 Å².